The molecule has 2 N–H and O–H groups in total. The van der Waals surface area contributed by atoms with E-state index in [1.807, 2.05) is 0 Å². The molecule has 9 heteroatoms. The molecule has 2 atom stereocenters. The molecule has 4 rings (SSSR count). The van der Waals surface area contributed by atoms with E-state index in [0.29, 0.717) is 56.1 Å². The summed E-state index contributed by atoms with van der Waals surface area (Å²) in [7, 11) is 0. The van der Waals surface area contributed by atoms with Gasteiger partial charge in [-0.1, -0.05) is 0 Å². The number of halogens is 1. The second kappa shape index (κ2) is 9.11. The highest BCUT2D eigenvalue weighted by Gasteiger charge is 2.33. The van der Waals surface area contributed by atoms with Crippen LogP contribution in [0.2, 0.25) is 0 Å². The van der Waals surface area contributed by atoms with E-state index in [9.17, 15) is 14.4 Å². The minimum Gasteiger partial charge on any atom is -0.479 e. The van der Waals surface area contributed by atoms with Crippen LogP contribution in [-0.2, 0) is 14.3 Å². The lowest BCUT2D eigenvalue weighted by atomic mass is 9.88. The second-order valence-electron chi connectivity index (χ2n) is 7.49. The summed E-state index contributed by atoms with van der Waals surface area (Å²) in [4.78, 5) is 39.0. The number of Topliss-reactive ketones (excluding diaryl/α,β-unsaturated/α-hetero) is 1. The van der Waals surface area contributed by atoms with Crippen molar-refractivity contribution in [3.63, 3.8) is 0 Å². The van der Waals surface area contributed by atoms with Crippen LogP contribution in [0.5, 0.6) is 5.75 Å². The van der Waals surface area contributed by atoms with Gasteiger partial charge in [0.1, 0.15) is 11.9 Å². The first-order valence-corrected chi connectivity index (χ1v) is 9.80. The average Bonchev–Trinajstić information content (AvgIpc) is 2.74. The molecular formula is C20H26ClN3O5. The highest BCUT2D eigenvalue weighted by atomic mass is 35.5. The molecule has 2 saturated heterocycles. The van der Waals surface area contributed by atoms with Gasteiger partial charge >= 0.3 is 0 Å². The van der Waals surface area contributed by atoms with E-state index < -0.39 is 12.2 Å². The van der Waals surface area contributed by atoms with E-state index in [4.69, 9.17) is 9.47 Å². The molecule has 1 aromatic rings. The van der Waals surface area contributed by atoms with Gasteiger partial charge in [0, 0.05) is 37.7 Å². The van der Waals surface area contributed by atoms with E-state index in [1.165, 1.54) is 0 Å². The van der Waals surface area contributed by atoms with Gasteiger partial charge in [0.05, 0.1) is 12.3 Å². The third-order valence-electron chi connectivity index (χ3n) is 5.58. The van der Waals surface area contributed by atoms with Crippen LogP contribution in [0.4, 0.5) is 5.69 Å². The maximum absolute atomic E-state index is 12.9. The maximum Gasteiger partial charge on any atom is 0.265 e. The number of hydrogen-bond acceptors (Lipinski definition) is 6. The molecule has 2 unspecified atom stereocenters. The van der Waals surface area contributed by atoms with E-state index in [-0.39, 0.29) is 35.9 Å². The molecular weight excluding hydrogens is 398 g/mol. The number of benzene rings is 1. The number of nitrogens with one attached hydrogen (secondary N) is 2. The van der Waals surface area contributed by atoms with E-state index >= 15 is 0 Å². The third kappa shape index (κ3) is 4.55. The average molecular weight is 424 g/mol. The van der Waals surface area contributed by atoms with Gasteiger partial charge in [-0.25, -0.2) is 0 Å². The van der Waals surface area contributed by atoms with Gasteiger partial charge in [-0.3, -0.25) is 14.4 Å². The number of amides is 2. The Bertz CT molecular complexity index is 788. The summed E-state index contributed by atoms with van der Waals surface area (Å²) in [5, 5.41) is 5.94. The number of anilines is 1. The second-order valence-corrected chi connectivity index (χ2v) is 7.49. The number of piperidine rings is 1. The summed E-state index contributed by atoms with van der Waals surface area (Å²) in [6.07, 6.45) is 0.288. The lowest BCUT2D eigenvalue weighted by molar-refractivity contribution is -0.146. The van der Waals surface area contributed by atoms with Crippen molar-refractivity contribution in [2.24, 2.45) is 5.92 Å². The Morgan fingerprint density at radius 3 is 2.66 bits per heavy atom. The largest absolute Gasteiger partial charge is 0.479 e. The highest BCUT2D eigenvalue weighted by Crippen LogP contribution is 2.32. The van der Waals surface area contributed by atoms with Crippen molar-refractivity contribution in [2.75, 3.05) is 38.1 Å². The first-order chi connectivity index (χ1) is 13.5. The number of carbonyl (C=O) groups excluding carboxylic acids is 3. The molecule has 29 heavy (non-hydrogen) atoms. The maximum atomic E-state index is 12.9. The third-order valence-corrected chi connectivity index (χ3v) is 5.58. The number of ketones is 1. The molecule has 0 radical (unpaired) electrons. The summed E-state index contributed by atoms with van der Waals surface area (Å²) in [6, 6.07) is 5.15. The topological polar surface area (TPSA) is 97.0 Å². The van der Waals surface area contributed by atoms with Crippen LogP contribution in [0.1, 0.15) is 30.1 Å². The Hall–Kier alpha value is -2.16. The molecule has 8 nitrogen and oxygen atoms in total. The summed E-state index contributed by atoms with van der Waals surface area (Å²) in [5.74, 6) is 0.263. The fourth-order valence-electron chi connectivity index (χ4n) is 3.89. The standard InChI is InChI=1S/C20H25N3O5.ClH/c1-12-19(25)22-15-10-14(2-3-16(15)28-12)18(24)13-4-7-23(8-5-13)20(26)17-11-21-6-9-27-17;/h2-3,10,12-13,17,21H,4-9,11H2,1H3,(H,22,25);1H. The molecule has 1 aromatic carbocycles. The Morgan fingerprint density at radius 2 is 1.97 bits per heavy atom. The quantitative estimate of drug-likeness (QED) is 0.710. The molecule has 158 valence electrons. The molecule has 3 aliphatic heterocycles. The fraction of sp³-hybridized carbons (Fsp3) is 0.550. The van der Waals surface area contributed by atoms with E-state index in [1.54, 1.807) is 30.0 Å². The van der Waals surface area contributed by atoms with Crippen molar-refractivity contribution in [2.45, 2.75) is 32.0 Å². The predicted molar refractivity (Wildman–Crippen MR) is 109 cm³/mol. The van der Waals surface area contributed by atoms with Crippen molar-refractivity contribution in [3.8, 4) is 5.75 Å². The highest BCUT2D eigenvalue weighted by molar-refractivity contribution is 6.02. The van der Waals surface area contributed by atoms with Gasteiger partial charge in [-0.05, 0) is 38.0 Å². The number of hydrogen-bond donors (Lipinski definition) is 2. The number of ether oxygens (including phenoxy) is 2. The zero-order chi connectivity index (χ0) is 19.7. The van der Waals surface area contributed by atoms with Gasteiger partial charge in [0.15, 0.2) is 11.9 Å². The number of rotatable bonds is 3. The van der Waals surface area contributed by atoms with Crippen LogP contribution >= 0.6 is 12.4 Å². The number of morpholine rings is 1. The number of carbonyl (C=O) groups is 3. The lowest BCUT2D eigenvalue weighted by Gasteiger charge is -2.34. The van der Waals surface area contributed by atoms with Crippen molar-refractivity contribution in [1.29, 1.82) is 0 Å². The summed E-state index contributed by atoms with van der Waals surface area (Å²) < 4.78 is 11.1. The monoisotopic (exact) mass is 423 g/mol. The zero-order valence-corrected chi connectivity index (χ0v) is 17.1. The molecule has 0 saturated carbocycles. The van der Waals surface area contributed by atoms with Gasteiger partial charge in [0.25, 0.3) is 11.8 Å². The summed E-state index contributed by atoms with van der Waals surface area (Å²) in [5.41, 5.74) is 1.09. The van der Waals surface area contributed by atoms with Gasteiger partial charge in [-0.2, -0.15) is 0 Å². The molecule has 3 aliphatic rings. The Labute approximate surface area is 175 Å². The van der Waals surface area contributed by atoms with Crippen LogP contribution in [0, 0.1) is 5.92 Å². The van der Waals surface area contributed by atoms with Crippen LogP contribution in [0.3, 0.4) is 0 Å². The van der Waals surface area contributed by atoms with E-state index in [2.05, 4.69) is 10.6 Å². The molecule has 0 bridgehead atoms. The van der Waals surface area contributed by atoms with Crippen LogP contribution in [0.25, 0.3) is 0 Å². The summed E-state index contributed by atoms with van der Waals surface area (Å²) >= 11 is 0. The van der Waals surface area contributed by atoms with Gasteiger partial charge in [-0.15, -0.1) is 12.4 Å². The fourth-order valence-corrected chi connectivity index (χ4v) is 3.89. The Balaban J connectivity index is 0.00000240. The van der Waals surface area contributed by atoms with Gasteiger partial charge < -0.3 is 25.0 Å². The molecule has 0 aromatic heterocycles. The van der Waals surface area contributed by atoms with Crippen molar-refractivity contribution in [1.82, 2.24) is 10.2 Å². The SMILES string of the molecule is CC1Oc2ccc(C(=O)C3CCN(C(=O)C4CNCCO4)CC3)cc2NC1=O.Cl. The van der Waals surface area contributed by atoms with Crippen LogP contribution in [-0.4, -0.2) is 67.5 Å². The van der Waals surface area contributed by atoms with Crippen molar-refractivity contribution < 1.29 is 23.9 Å². The van der Waals surface area contributed by atoms with E-state index in [0.717, 1.165) is 6.54 Å². The van der Waals surface area contributed by atoms with Gasteiger partial charge in [0.2, 0.25) is 0 Å². The minimum absolute atomic E-state index is 0. The predicted octanol–water partition coefficient (Wildman–Crippen LogP) is 1.24. The zero-order valence-electron chi connectivity index (χ0n) is 16.3. The molecule has 0 spiro atoms. The minimum atomic E-state index is -0.542. The number of nitrogens with zero attached hydrogens (tertiary/aromatic N) is 1. The Morgan fingerprint density at radius 1 is 1.21 bits per heavy atom. The molecule has 2 fully saturated rings. The van der Waals surface area contributed by atoms with Crippen LogP contribution < -0.4 is 15.4 Å². The van der Waals surface area contributed by atoms with Crippen molar-refractivity contribution >= 4 is 35.7 Å². The number of likely N-dealkylation sites (tertiary alicyclic amines) is 1. The molecule has 3 heterocycles. The number of fused-ring (bicyclic) bond motifs is 1. The Kier molecular flexibility index (Phi) is 6.77. The summed E-state index contributed by atoms with van der Waals surface area (Å²) in [6.45, 7) is 4.64. The first kappa shape index (κ1) is 21.5. The lowest BCUT2D eigenvalue weighted by Crippen LogP contribution is -2.51. The normalized spacial score (nSPS) is 24.6. The smallest absolute Gasteiger partial charge is 0.265 e. The molecule has 2 amide bonds. The molecule has 0 aliphatic carbocycles. The van der Waals surface area contributed by atoms with Crippen molar-refractivity contribution in [3.05, 3.63) is 23.8 Å². The van der Waals surface area contributed by atoms with Crippen LogP contribution in [0.15, 0.2) is 18.2 Å². The first-order valence-electron chi connectivity index (χ1n) is 9.80.